The number of benzene rings is 1. The van der Waals surface area contributed by atoms with Crippen LogP contribution >= 0.6 is 11.5 Å². The molecule has 0 bridgehead atoms. The largest absolute Gasteiger partial charge is 0.320 e. The fourth-order valence-electron chi connectivity index (χ4n) is 1.62. The fourth-order valence-corrected chi connectivity index (χ4v) is 2.39. The van der Waals surface area contributed by atoms with Gasteiger partial charge in [0, 0.05) is 0 Å². The van der Waals surface area contributed by atoms with Crippen LogP contribution in [0.4, 0.5) is 0 Å². The highest BCUT2D eigenvalue weighted by molar-refractivity contribution is 7.05. The van der Waals surface area contributed by atoms with E-state index in [1.807, 2.05) is 0 Å². The summed E-state index contributed by atoms with van der Waals surface area (Å²) in [7, 11) is 0. The molecule has 0 aliphatic rings. The van der Waals surface area contributed by atoms with Crippen LogP contribution in [0.15, 0.2) is 24.3 Å². The zero-order valence-electron chi connectivity index (χ0n) is 9.47. The molecule has 1 unspecified atom stereocenters. The first-order valence-corrected chi connectivity index (χ1v) is 6.13. The third-order valence-corrected chi connectivity index (χ3v) is 3.49. The minimum absolute atomic E-state index is 0.101. The van der Waals surface area contributed by atoms with E-state index in [4.69, 9.17) is 5.73 Å². The van der Waals surface area contributed by atoms with Gasteiger partial charge >= 0.3 is 0 Å². The van der Waals surface area contributed by atoms with E-state index < -0.39 is 0 Å². The molecule has 1 aromatic carbocycles. The molecule has 0 saturated heterocycles. The van der Waals surface area contributed by atoms with Crippen molar-refractivity contribution in [2.45, 2.75) is 26.3 Å². The van der Waals surface area contributed by atoms with Crippen molar-refractivity contribution in [3.05, 3.63) is 46.0 Å². The molecule has 84 valence electrons. The van der Waals surface area contributed by atoms with Crippen molar-refractivity contribution in [1.29, 1.82) is 0 Å². The highest BCUT2D eigenvalue weighted by Gasteiger charge is 2.15. The van der Waals surface area contributed by atoms with Crippen LogP contribution in [-0.4, -0.2) is 9.59 Å². The van der Waals surface area contributed by atoms with E-state index in [1.54, 1.807) is 0 Å². The van der Waals surface area contributed by atoms with E-state index in [1.165, 1.54) is 17.1 Å². The van der Waals surface area contributed by atoms with Crippen molar-refractivity contribution in [3.8, 4) is 0 Å². The second kappa shape index (κ2) is 4.72. The van der Waals surface area contributed by atoms with E-state index in [-0.39, 0.29) is 6.04 Å². The first-order valence-electron chi connectivity index (χ1n) is 5.35. The summed E-state index contributed by atoms with van der Waals surface area (Å²) < 4.78 is 3.97. The van der Waals surface area contributed by atoms with Crippen molar-refractivity contribution in [1.82, 2.24) is 9.59 Å². The molecule has 0 aliphatic carbocycles. The summed E-state index contributed by atoms with van der Waals surface area (Å²) in [5, 5.41) is 4.09. The average molecular weight is 233 g/mol. The molecule has 1 heterocycles. The smallest absolute Gasteiger partial charge is 0.0804 e. The van der Waals surface area contributed by atoms with Gasteiger partial charge in [-0.3, -0.25) is 0 Å². The van der Waals surface area contributed by atoms with Crippen LogP contribution in [0.3, 0.4) is 0 Å². The van der Waals surface area contributed by atoms with Gasteiger partial charge in [-0.15, -0.1) is 5.10 Å². The van der Waals surface area contributed by atoms with Gasteiger partial charge in [-0.2, -0.15) is 0 Å². The van der Waals surface area contributed by atoms with Gasteiger partial charge in [0.15, 0.2) is 0 Å². The van der Waals surface area contributed by atoms with E-state index in [2.05, 4.69) is 47.7 Å². The van der Waals surface area contributed by atoms with Crippen LogP contribution in [0.1, 0.15) is 34.7 Å². The number of hydrogen-bond donors (Lipinski definition) is 1. The Morgan fingerprint density at radius 1 is 1.31 bits per heavy atom. The highest BCUT2D eigenvalue weighted by Crippen LogP contribution is 2.25. The quantitative estimate of drug-likeness (QED) is 0.886. The summed E-state index contributed by atoms with van der Waals surface area (Å²) in [5.74, 6) is 0. The Kier molecular flexibility index (Phi) is 3.31. The summed E-state index contributed by atoms with van der Waals surface area (Å²) in [6, 6.07) is 8.19. The van der Waals surface area contributed by atoms with Crippen molar-refractivity contribution < 1.29 is 0 Å². The normalized spacial score (nSPS) is 12.7. The average Bonchev–Trinajstić information content (AvgIpc) is 2.77. The summed E-state index contributed by atoms with van der Waals surface area (Å²) >= 11 is 1.40. The molecule has 2 N–H and O–H groups in total. The fraction of sp³-hybridized carbons (Fsp3) is 0.333. The van der Waals surface area contributed by atoms with Crippen LogP contribution in [0.5, 0.6) is 0 Å². The lowest BCUT2D eigenvalue weighted by atomic mass is 10.0. The molecule has 0 radical (unpaired) electrons. The van der Waals surface area contributed by atoms with Gasteiger partial charge in [0.1, 0.15) is 0 Å². The first kappa shape index (κ1) is 11.2. The predicted molar refractivity (Wildman–Crippen MR) is 66.5 cm³/mol. The standard InChI is InChI=1S/C12H15N3S/c1-3-10-12(16-15-14-10)11(13)9-6-4-8(2)5-7-9/h4-7,11H,3,13H2,1-2H3. The molecule has 1 atom stereocenters. The maximum atomic E-state index is 6.22. The molecule has 1 aromatic heterocycles. The van der Waals surface area contributed by atoms with Crippen LogP contribution in [-0.2, 0) is 6.42 Å². The van der Waals surface area contributed by atoms with Crippen LogP contribution < -0.4 is 5.73 Å². The third-order valence-electron chi connectivity index (χ3n) is 2.64. The van der Waals surface area contributed by atoms with Gasteiger partial charge in [0.25, 0.3) is 0 Å². The van der Waals surface area contributed by atoms with Gasteiger partial charge in [-0.25, -0.2) is 0 Å². The van der Waals surface area contributed by atoms with E-state index in [0.717, 1.165) is 22.6 Å². The van der Waals surface area contributed by atoms with Crippen LogP contribution in [0, 0.1) is 6.92 Å². The summed E-state index contributed by atoms with van der Waals surface area (Å²) in [4.78, 5) is 1.08. The van der Waals surface area contributed by atoms with Gasteiger partial charge in [0.05, 0.1) is 16.6 Å². The molecule has 16 heavy (non-hydrogen) atoms. The van der Waals surface area contributed by atoms with Gasteiger partial charge in [-0.05, 0) is 30.4 Å². The number of aromatic nitrogens is 2. The molecule has 2 aromatic rings. The second-order valence-electron chi connectivity index (χ2n) is 3.83. The number of nitrogens with two attached hydrogens (primary N) is 1. The molecule has 4 heteroatoms. The van der Waals surface area contributed by atoms with Crippen molar-refractivity contribution in [2.75, 3.05) is 0 Å². The second-order valence-corrected chi connectivity index (χ2v) is 4.61. The van der Waals surface area contributed by atoms with Gasteiger partial charge < -0.3 is 5.73 Å². The molecule has 3 nitrogen and oxygen atoms in total. The van der Waals surface area contributed by atoms with E-state index in [9.17, 15) is 0 Å². The Morgan fingerprint density at radius 3 is 2.62 bits per heavy atom. The third kappa shape index (κ3) is 2.13. The SMILES string of the molecule is CCc1nnsc1C(N)c1ccc(C)cc1. The number of hydrogen-bond acceptors (Lipinski definition) is 4. The van der Waals surface area contributed by atoms with E-state index >= 15 is 0 Å². The van der Waals surface area contributed by atoms with Crippen LogP contribution in [0.2, 0.25) is 0 Å². The summed E-state index contributed by atoms with van der Waals surface area (Å²) in [5.41, 5.74) is 9.59. The Hall–Kier alpha value is -1.26. The Bertz CT molecular complexity index is 461. The molecule has 0 fully saturated rings. The van der Waals surface area contributed by atoms with Crippen LogP contribution in [0.25, 0.3) is 0 Å². The maximum Gasteiger partial charge on any atom is 0.0804 e. The lowest BCUT2D eigenvalue weighted by Gasteiger charge is -2.10. The molecular formula is C12H15N3S. The predicted octanol–water partition coefficient (Wildman–Crippen LogP) is 2.46. The lowest BCUT2D eigenvalue weighted by Crippen LogP contribution is -2.12. The Balaban J connectivity index is 2.31. The Morgan fingerprint density at radius 2 is 2.00 bits per heavy atom. The first-order chi connectivity index (χ1) is 7.72. The van der Waals surface area contributed by atoms with Crippen molar-refractivity contribution in [2.24, 2.45) is 5.73 Å². The van der Waals surface area contributed by atoms with Gasteiger partial charge in [-0.1, -0.05) is 41.2 Å². The minimum atomic E-state index is -0.101. The minimum Gasteiger partial charge on any atom is -0.320 e. The highest BCUT2D eigenvalue weighted by atomic mass is 32.1. The molecule has 0 saturated carbocycles. The maximum absolute atomic E-state index is 6.22. The summed E-state index contributed by atoms with van der Waals surface area (Å²) in [6.45, 7) is 4.14. The molecule has 0 amide bonds. The topological polar surface area (TPSA) is 51.8 Å². The molecule has 0 spiro atoms. The lowest BCUT2D eigenvalue weighted by molar-refractivity contribution is 0.853. The molecule has 2 rings (SSSR count). The number of nitrogens with zero attached hydrogens (tertiary/aromatic N) is 2. The zero-order chi connectivity index (χ0) is 11.5. The summed E-state index contributed by atoms with van der Waals surface area (Å²) in [6.07, 6.45) is 0.880. The Labute approximate surface area is 99.5 Å². The van der Waals surface area contributed by atoms with Crippen molar-refractivity contribution in [3.63, 3.8) is 0 Å². The number of rotatable bonds is 3. The van der Waals surface area contributed by atoms with Gasteiger partial charge in [0.2, 0.25) is 0 Å². The van der Waals surface area contributed by atoms with E-state index in [0.29, 0.717) is 0 Å². The molecule has 0 aliphatic heterocycles. The monoisotopic (exact) mass is 233 g/mol. The zero-order valence-corrected chi connectivity index (χ0v) is 10.3. The van der Waals surface area contributed by atoms with Crippen molar-refractivity contribution >= 4 is 11.5 Å². The molecular weight excluding hydrogens is 218 g/mol. The number of aryl methyl sites for hydroxylation is 2.